The summed E-state index contributed by atoms with van der Waals surface area (Å²) in [6, 6.07) is 15.2. The Balaban J connectivity index is 2.06. The van der Waals surface area contributed by atoms with Crippen molar-refractivity contribution >= 4 is 17.5 Å². The van der Waals surface area contributed by atoms with Gasteiger partial charge in [0.25, 0.3) is 5.91 Å². The van der Waals surface area contributed by atoms with Gasteiger partial charge in [-0.2, -0.15) is 0 Å². The molecule has 0 fully saturated rings. The Morgan fingerprint density at radius 1 is 1.20 bits per heavy atom. The van der Waals surface area contributed by atoms with Gasteiger partial charge in [-0.3, -0.25) is 4.79 Å². The minimum Gasteiger partial charge on any atom is -0.346 e. The van der Waals surface area contributed by atoms with Crippen LogP contribution in [0.25, 0.3) is 0 Å². The molecule has 3 heteroatoms. The summed E-state index contributed by atoms with van der Waals surface area (Å²) >= 11 is 5.90. The summed E-state index contributed by atoms with van der Waals surface area (Å²) in [5.41, 5.74) is 2.97. The molecular weight excluding hydrogens is 270 g/mol. The van der Waals surface area contributed by atoms with Crippen LogP contribution in [0.1, 0.15) is 41.4 Å². The van der Waals surface area contributed by atoms with E-state index >= 15 is 0 Å². The second-order valence-electron chi connectivity index (χ2n) is 4.80. The van der Waals surface area contributed by atoms with E-state index in [9.17, 15) is 4.79 Å². The lowest BCUT2D eigenvalue weighted by molar-refractivity contribution is 0.0940. The molecule has 2 rings (SSSR count). The molecule has 0 aliphatic heterocycles. The molecule has 1 amide bonds. The van der Waals surface area contributed by atoms with Crippen LogP contribution in [0.4, 0.5) is 0 Å². The number of carbonyl (C=O) groups is 1. The molecule has 1 atom stereocenters. The summed E-state index contributed by atoms with van der Waals surface area (Å²) in [4.78, 5) is 12.1. The van der Waals surface area contributed by atoms with Crippen molar-refractivity contribution in [1.82, 2.24) is 5.32 Å². The van der Waals surface area contributed by atoms with Crippen molar-refractivity contribution < 1.29 is 4.79 Å². The number of hydrogen-bond acceptors (Lipinski definition) is 1. The summed E-state index contributed by atoms with van der Waals surface area (Å²) in [5, 5.41) is 3.55. The van der Waals surface area contributed by atoms with Crippen molar-refractivity contribution in [2.75, 3.05) is 0 Å². The zero-order chi connectivity index (χ0) is 14.5. The number of hydrogen-bond donors (Lipinski definition) is 1. The monoisotopic (exact) mass is 287 g/mol. The fraction of sp³-hybridized carbons (Fsp3) is 0.235. The zero-order valence-electron chi connectivity index (χ0n) is 11.7. The van der Waals surface area contributed by atoms with Crippen LogP contribution in [-0.4, -0.2) is 5.91 Å². The molecule has 2 nitrogen and oxygen atoms in total. The molecule has 0 spiro atoms. The third-order valence-corrected chi connectivity index (χ3v) is 3.56. The van der Waals surface area contributed by atoms with Crippen LogP contribution in [-0.2, 0) is 6.42 Å². The van der Waals surface area contributed by atoms with Gasteiger partial charge in [0.05, 0.1) is 6.04 Å². The smallest absolute Gasteiger partial charge is 0.251 e. The van der Waals surface area contributed by atoms with Crippen LogP contribution < -0.4 is 5.32 Å². The van der Waals surface area contributed by atoms with Crippen LogP contribution in [0.3, 0.4) is 0 Å². The number of rotatable bonds is 4. The Morgan fingerprint density at radius 2 is 1.90 bits per heavy atom. The maximum absolute atomic E-state index is 12.1. The Morgan fingerprint density at radius 3 is 2.50 bits per heavy atom. The first kappa shape index (κ1) is 14.6. The fourth-order valence-corrected chi connectivity index (χ4v) is 2.23. The van der Waals surface area contributed by atoms with Gasteiger partial charge in [-0.15, -0.1) is 0 Å². The number of carbonyl (C=O) groups excluding carboxylic acids is 1. The summed E-state index contributed by atoms with van der Waals surface area (Å²) in [5.74, 6) is -0.112. The van der Waals surface area contributed by atoms with Gasteiger partial charge < -0.3 is 5.32 Å². The maximum atomic E-state index is 12.1. The van der Waals surface area contributed by atoms with E-state index < -0.39 is 0 Å². The predicted octanol–water partition coefficient (Wildman–Crippen LogP) is 4.39. The van der Waals surface area contributed by atoms with Gasteiger partial charge >= 0.3 is 0 Å². The summed E-state index contributed by atoms with van der Waals surface area (Å²) in [6.07, 6.45) is 1.02. The van der Waals surface area contributed by atoms with E-state index in [4.69, 9.17) is 11.6 Å². The molecule has 0 saturated carbocycles. The molecule has 20 heavy (non-hydrogen) atoms. The van der Waals surface area contributed by atoms with Gasteiger partial charge in [-0.25, -0.2) is 0 Å². The minimum atomic E-state index is -0.112. The van der Waals surface area contributed by atoms with Gasteiger partial charge in [0, 0.05) is 10.6 Å². The van der Waals surface area contributed by atoms with E-state index in [-0.39, 0.29) is 11.9 Å². The predicted molar refractivity (Wildman–Crippen MR) is 83.2 cm³/mol. The van der Waals surface area contributed by atoms with Crippen molar-refractivity contribution in [3.63, 3.8) is 0 Å². The SMILES string of the molecule is CCc1ccc(C(C)NC(=O)c2cccc(Cl)c2)cc1. The van der Waals surface area contributed by atoms with Gasteiger partial charge in [-0.05, 0) is 42.7 Å². The second kappa shape index (κ2) is 6.58. The van der Waals surface area contributed by atoms with Crippen LogP contribution in [0.5, 0.6) is 0 Å². The van der Waals surface area contributed by atoms with Crippen molar-refractivity contribution in [3.05, 3.63) is 70.2 Å². The molecular formula is C17H18ClNO. The highest BCUT2D eigenvalue weighted by Gasteiger charge is 2.11. The highest BCUT2D eigenvalue weighted by molar-refractivity contribution is 6.30. The molecule has 0 saturated heterocycles. The van der Waals surface area contributed by atoms with Crippen molar-refractivity contribution in [1.29, 1.82) is 0 Å². The van der Waals surface area contributed by atoms with Crippen LogP contribution in [0.2, 0.25) is 5.02 Å². The summed E-state index contributed by atoms with van der Waals surface area (Å²) < 4.78 is 0. The largest absolute Gasteiger partial charge is 0.346 e. The van der Waals surface area contributed by atoms with E-state index in [1.165, 1.54) is 5.56 Å². The summed E-state index contributed by atoms with van der Waals surface area (Å²) in [6.45, 7) is 4.10. The quantitative estimate of drug-likeness (QED) is 0.887. The first-order valence-corrected chi connectivity index (χ1v) is 7.13. The Labute approximate surface area is 124 Å². The first-order chi connectivity index (χ1) is 9.60. The Hall–Kier alpha value is -1.80. The molecule has 0 aromatic heterocycles. The lowest BCUT2D eigenvalue weighted by Crippen LogP contribution is -2.26. The molecule has 0 aliphatic carbocycles. The van der Waals surface area contributed by atoms with Gasteiger partial charge in [0.15, 0.2) is 0 Å². The average Bonchev–Trinajstić information content (AvgIpc) is 2.47. The van der Waals surface area contributed by atoms with E-state index in [2.05, 4.69) is 36.5 Å². The highest BCUT2D eigenvalue weighted by atomic mass is 35.5. The highest BCUT2D eigenvalue weighted by Crippen LogP contribution is 2.16. The Bertz CT molecular complexity index is 592. The topological polar surface area (TPSA) is 29.1 Å². The minimum absolute atomic E-state index is 0.0348. The van der Waals surface area contributed by atoms with Crippen molar-refractivity contribution in [3.8, 4) is 0 Å². The normalized spacial score (nSPS) is 11.9. The van der Waals surface area contributed by atoms with E-state index in [1.807, 2.05) is 6.92 Å². The summed E-state index contributed by atoms with van der Waals surface area (Å²) in [7, 11) is 0. The van der Waals surface area contributed by atoms with Gasteiger partial charge in [-0.1, -0.05) is 48.9 Å². The van der Waals surface area contributed by atoms with Crippen LogP contribution >= 0.6 is 11.6 Å². The Kier molecular flexibility index (Phi) is 4.80. The first-order valence-electron chi connectivity index (χ1n) is 6.75. The number of halogens is 1. The molecule has 2 aromatic carbocycles. The second-order valence-corrected chi connectivity index (χ2v) is 5.24. The lowest BCUT2D eigenvalue weighted by Gasteiger charge is -2.15. The third kappa shape index (κ3) is 3.61. The van der Waals surface area contributed by atoms with E-state index in [1.54, 1.807) is 24.3 Å². The molecule has 104 valence electrons. The third-order valence-electron chi connectivity index (χ3n) is 3.32. The van der Waals surface area contributed by atoms with Crippen LogP contribution in [0, 0.1) is 0 Å². The van der Waals surface area contributed by atoms with E-state index in [0.29, 0.717) is 10.6 Å². The number of amides is 1. The molecule has 0 aliphatic rings. The van der Waals surface area contributed by atoms with E-state index in [0.717, 1.165) is 12.0 Å². The average molecular weight is 288 g/mol. The van der Waals surface area contributed by atoms with Gasteiger partial charge in [0.1, 0.15) is 0 Å². The number of nitrogens with one attached hydrogen (secondary N) is 1. The van der Waals surface area contributed by atoms with Crippen molar-refractivity contribution in [2.45, 2.75) is 26.3 Å². The van der Waals surface area contributed by atoms with Crippen LogP contribution in [0.15, 0.2) is 48.5 Å². The standard InChI is InChI=1S/C17H18ClNO/c1-3-13-7-9-14(10-8-13)12(2)19-17(20)15-5-4-6-16(18)11-15/h4-12H,3H2,1-2H3,(H,19,20). The fourth-order valence-electron chi connectivity index (χ4n) is 2.04. The molecule has 0 heterocycles. The number of aryl methyl sites for hydroxylation is 1. The lowest BCUT2D eigenvalue weighted by atomic mass is 10.0. The molecule has 2 aromatic rings. The molecule has 1 N–H and O–H groups in total. The zero-order valence-corrected chi connectivity index (χ0v) is 12.4. The van der Waals surface area contributed by atoms with Crippen molar-refractivity contribution in [2.24, 2.45) is 0 Å². The maximum Gasteiger partial charge on any atom is 0.251 e. The molecule has 1 unspecified atom stereocenters. The molecule has 0 bridgehead atoms. The molecule has 0 radical (unpaired) electrons. The number of benzene rings is 2. The van der Waals surface area contributed by atoms with Gasteiger partial charge in [0.2, 0.25) is 0 Å².